The third-order valence-electron chi connectivity index (χ3n) is 5.69. The van der Waals surface area contributed by atoms with Crippen molar-refractivity contribution in [2.75, 3.05) is 49.1 Å². The van der Waals surface area contributed by atoms with Crippen LogP contribution in [0.3, 0.4) is 0 Å². The Hall–Kier alpha value is -3.00. The predicted octanol–water partition coefficient (Wildman–Crippen LogP) is 3.16. The summed E-state index contributed by atoms with van der Waals surface area (Å²) < 4.78 is 0. The molecule has 0 saturated carbocycles. The summed E-state index contributed by atoms with van der Waals surface area (Å²) in [6.07, 6.45) is 6.14. The first-order valence-electron chi connectivity index (χ1n) is 10.4. The third kappa shape index (κ3) is 3.87. The lowest BCUT2D eigenvalue weighted by Crippen LogP contribution is -2.49. The largest absolute Gasteiger partial charge is 0.357 e. The Balaban J connectivity index is 1.22. The molecular weight excluding hydrogens is 396 g/mol. The van der Waals surface area contributed by atoms with Crippen molar-refractivity contribution >= 4 is 28.9 Å². The number of rotatable bonds is 4. The van der Waals surface area contributed by atoms with E-state index in [1.807, 2.05) is 34.7 Å². The van der Waals surface area contributed by atoms with Gasteiger partial charge in [0.1, 0.15) is 22.3 Å². The number of nitrogens with zero attached hydrogens (tertiary/aromatic N) is 6. The normalized spacial score (nSPS) is 16.9. The maximum absolute atomic E-state index is 12.9. The number of piperazine rings is 1. The summed E-state index contributed by atoms with van der Waals surface area (Å²) >= 11 is 1.50. The van der Waals surface area contributed by atoms with Gasteiger partial charge in [-0.2, -0.15) is 0 Å². The Kier molecular flexibility index (Phi) is 5.31. The summed E-state index contributed by atoms with van der Waals surface area (Å²) in [5.74, 6) is 1.99. The Bertz CT molecular complexity index is 992. The van der Waals surface area contributed by atoms with Crippen molar-refractivity contribution in [3.05, 3.63) is 53.8 Å². The van der Waals surface area contributed by atoms with E-state index in [2.05, 4.69) is 36.9 Å². The predicted molar refractivity (Wildman–Crippen MR) is 119 cm³/mol. The molecule has 2 saturated heterocycles. The van der Waals surface area contributed by atoms with Crippen LogP contribution in [0.2, 0.25) is 0 Å². The molecule has 0 atom stereocenters. The Labute approximate surface area is 180 Å². The highest BCUT2D eigenvalue weighted by atomic mass is 32.1. The number of hydrogen-bond donors (Lipinski definition) is 0. The van der Waals surface area contributed by atoms with Crippen molar-refractivity contribution in [2.24, 2.45) is 0 Å². The van der Waals surface area contributed by atoms with E-state index in [0.29, 0.717) is 18.8 Å². The van der Waals surface area contributed by atoms with E-state index < -0.39 is 0 Å². The van der Waals surface area contributed by atoms with Crippen molar-refractivity contribution < 1.29 is 4.79 Å². The van der Waals surface area contributed by atoms with Crippen LogP contribution in [0.25, 0.3) is 10.6 Å². The molecular formula is C22H24N6OS. The van der Waals surface area contributed by atoms with Crippen LogP contribution in [0.5, 0.6) is 0 Å². The molecule has 0 aromatic carbocycles. The van der Waals surface area contributed by atoms with Gasteiger partial charge >= 0.3 is 0 Å². The zero-order chi connectivity index (χ0) is 20.3. The van der Waals surface area contributed by atoms with Crippen LogP contribution >= 0.6 is 11.3 Å². The van der Waals surface area contributed by atoms with Gasteiger partial charge in [0.05, 0.1) is 0 Å². The average molecular weight is 421 g/mol. The van der Waals surface area contributed by atoms with Gasteiger partial charge in [0.25, 0.3) is 5.91 Å². The van der Waals surface area contributed by atoms with Gasteiger partial charge in [0.2, 0.25) is 0 Å². The molecule has 0 aliphatic carbocycles. The molecule has 0 spiro atoms. The van der Waals surface area contributed by atoms with Crippen LogP contribution in [-0.2, 0) is 0 Å². The summed E-state index contributed by atoms with van der Waals surface area (Å²) in [5, 5.41) is 2.70. The summed E-state index contributed by atoms with van der Waals surface area (Å²) in [6.45, 7) is 5.07. The van der Waals surface area contributed by atoms with Gasteiger partial charge in [-0.3, -0.25) is 4.79 Å². The smallest absolute Gasteiger partial charge is 0.273 e. The zero-order valence-corrected chi connectivity index (χ0v) is 17.6. The van der Waals surface area contributed by atoms with E-state index in [-0.39, 0.29) is 5.91 Å². The fraction of sp³-hybridized carbons (Fsp3) is 0.364. The van der Waals surface area contributed by atoms with Gasteiger partial charge in [0, 0.05) is 62.6 Å². The highest BCUT2D eigenvalue weighted by Gasteiger charge is 2.24. The van der Waals surface area contributed by atoms with Gasteiger partial charge in [0.15, 0.2) is 0 Å². The maximum atomic E-state index is 12.9. The molecule has 154 valence electrons. The van der Waals surface area contributed by atoms with Crippen LogP contribution in [-0.4, -0.2) is 65.0 Å². The molecule has 3 aromatic rings. The molecule has 8 heteroatoms. The molecule has 0 unspecified atom stereocenters. The van der Waals surface area contributed by atoms with Crippen LogP contribution in [0.4, 0.5) is 11.6 Å². The Morgan fingerprint density at radius 1 is 0.867 bits per heavy atom. The van der Waals surface area contributed by atoms with E-state index in [1.54, 1.807) is 6.20 Å². The molecule has 1 amide bonds. The monoisotopic (exact) mass is 420 g/mol. The second-order valence-corrected chi connectivity index (χ2v) is 8.46. The first kappa shape index (κ1) is 19.0. The molecule has 5 rings (SSSR count). The Morgan fingerprint density at radius 2 is 1.63 bits per heavy atom. The minimum atomic E-state index is -0.000170. The summed E-state index contributed by atoms with van der Waals surface area (Å²) in [7, 11) is 0. The van der Waals surface area contributed by atoms with Crippen molar-refractivity contribution in [1.29, 1.82) is 0 Å². The van der Waals surface area contributed by atoms with E-state index in [0.717, 1.165) is 48.4 Å². The number of carbonyl (C=O) groups excluding carboxylic acids is 1. The molecule has 2 aliphatic heterocycles. The van der Waals surface area contributed by atoms with Gasteiger partial charge < -0.3 is 14.7 Å². The maximum Gasteiger partial charge on any atom is 0.273 e. The molecule has 2 fully saturated rings. The number of aromatic nitrogens is 3. The van der Waals surface area contributed by atoms with Crippen LogP contribution in [0.1, 0.15) is 23.3 Å². The first-order valence-corrected chi connectivity index (χ1v) is 11.3. The molecule has 0 N–H and O–H groups in total. The Morgan fingerprint density at radius 3 is 2.33 bits per heavy atom. The van der Waals surface area contributed by atoms with E-state index in [9.17, 15) is 4.79 Å². The van der Waals surface area contributed by atoms with Crippen LogP contribution in [0.15, 0.2) is 48.1 Å². The van der Waals surface area contributed by atoms with Gasteiger partial charge in [-0.25, -0.2) is 15.0 Å². The van der Waals surface area contributed by atoms with Crippen molar-refractivity contribution in [3.63, 3.8) is 0 Å². The minimum Gasteiger partial charge on any atom is -0.357 e. The fourth-order valence-corrected chi connectivity index (χ4v) is 4.78. The molecule has 5 heterocycles. The number of hydrogen-bond acceptors (Lipinski definition) is 7. The molecule has 0 bridgehead atoms. The number of pyridine rings is 2. The first-order chi connectivity index (χ1) is 14.8. The minimum absolute atomic E-state index is 0.000170. The number of thiazole rings is 1. The second-order valence-electron chi connectivity index (χ2n) is 7.60. The SMILES string of the molecule is O=C(c1csc(-c2ccc(N3CCCC3)nc2)n1)N1CCN(c2ccccn2)CC1. The summed E-state index contributed by atoms with van der Waals surface area (Å²) in [5.41, 5.74) is 1.48. The molecule has 7 nitrogen and oxygen atoms in total. The second kappa shape index (κ2) is 8.39. The lowest BCUT2D eigenvalue weighted by molar-refractivity contribution is 0.0741. The molecule has 3 aromatic heterocycles. The lowest BCUT2D eigenvalue weighted by Gasteiger charge is -2.35. The van der Waals surface area contributed by atoms with Gasteiger partial charge in [-0.1, -0.05) is 6.07 Å². The molecule has 30 heavy (non-hydrogen) atoms. The molecule has 2 aliphatic rings. The van der Waals surface area contributed by atoms with Crippen LogP contribution < -0.4 is 9.80 Å². The van der Waals surface area contributed by atoms with Crippen molar-refractivity contribution in [3.8, 4) is 10.6 Å². The van der Waals surface area contributed by atoms with E-state index in [1.165, 1.54) is 24.2 Å². The zero-order valence-electron chi connectivity index (χ0n) is 16.8. The highest BCUT2D eigenvalue weighted by Crippen LogP contribution is 2.26. The van der Waals surface area contributed by atoms with Crippen molar-refractivity contribution in [1.82, 2.24) is 19.9 Å². The highest BCUT2D eigenvalue weighted by molar-refractivity contribution is 7.13. The third-order valence-corrected chi connectivity index (χ3v) is 6.58. The standard InChI is InChI=1S/C22H24N6OS/c29-22(28-13-11-27(12-14-28)19-5-1-2-8-23-19)18-16-30-21(25-18)17-6-7-20(24-15-17)26-9-3-4-10-26/h1-2,5-8,15-16H,3-4,9-14H2. The van der Waals surface area contributed by atoms with Gasteiger partial charge in [-0.15, -0.1) is 11.3 Å². The van der Waals surface area contributed by atoms with E-state index in [4.69, 9.17) is 0 Å². The fourth-order valence-electron chi connectivity index (χ4n) is 3.99. The summed E-state index contributed by atoms with van der Waals surface area (Å²) in [4.78, 5) is 32.9. The topological polar surface area (TPSA) is 65.5 Å². The number of anilines is 2. The van der Waals surface area contributed by atoms with E-state index >= 15 is 0 Å². The van der Waals surface area contributed by atoms with Gasteiger partial charge in [-0.05, 0) is 37.1 Å². The van der Waals surface area contributed by atoms with Crippen LogP contribution in [0, 0.1) is 0 Å². The number of amides is 1. The molecule has 0 radical (unpaired) electrons. The van der Waals surface area contributed by atoms with Crippen molar-refractivity contribution in [2.45, 2.75) is 12.8 Å². The quantitative estimate of drug-likeness (QED) is 0.646. The lowest BCUT2D eigenvalue weighted by atomic mass is 10.2. The average Bonchev–Trinajstić information content (AvgIpc) is 3.52. The summed E-state index contributed by atoms with van der Waals surface area (Å²) in [6, 6.07) is 10.0. The number of carbonyl (C=O) groups is 1.